The number of benzene rings is 1. The van der Waals surface area contributed by atoms with Crippen LogP contribution < -0.4 is 4.90 Å². The van der Waals surface area contributed by atoms with Crippen molar-refractivity contribution in [2.24, 2.45) is 5.92 Å². The first-order valence-corrected chi connectivity index (χ1v) is 14.0. The van der Waals surface area contributed by atoms with Gasteiger partial charge in [0.05, 0.1) is 23.7 Å². The summed E-state index contributed by atoms with van der Waals surface area (Å²) >= 11 is 0. The van der Waals surface area contributed by atoms with E-state index in [0.717, 1.165) is 38.1 Å². The van der Waals surface area contributed by atoms with Gasteiger partial charge in [-0.2, -0.15) is 5.10 Å². The van der Waals surface area contributed by atoms with Crippen LogP contribution in [-0.4, -0.2) is 83.8 Å². The lowest BCUT2D eigenvalue weighted by Crippen LogP contribution is -2.50. The summed E-state index contributed by atoms with van der Waals surface area (Å²) in [5, 5.41) is 4.60. The van der Waals surface area contributed by atoms with Crippen LogP contribution in [-0.2, 0) is 9.53 Å². The van der Waals surface area contributed by atoms with Crippen molar-refractivity contribution in [2.45, 2.75) is 45.1 Å². The SMILES string of the molecule is CC(C)N1CCC(c2ccc(-c3cc4c(N5CCN(C(=O)C6CCOC6)CC5)ccnn4c3)cc2)CC1. The van der Waals surface area contributed by atoms with Crippen LogP contribution in [0.3, 0.4) is 0 Å². The Labute approximate surface area is 220 Å². The number of nitrogens with zero attached hydrogens (tertiary/aromatic N) is 5. The van der Waals surface area contributed by atoms with Crippen molar-refractivity contribution in [3.05, 3.63) is 54.4 Å². The number of piperazine rings is 1. The molecule has 6 rings (SSSR count). The molecule has 1 atom stereocenters. The first-order chi connectivity index (χ1) is 18.1. The van der Waals surface area contributed by atoms with Gasteiger partial charge in [0.2, 0.25) is 5.91 Å². The molecule has 0 aliphatic carbocycles. The molecule has 1 aromatic carbocycles. The highest BCUT2D eigenvalue weighted by atomic mass is 16.5. The topological polar surface area (TPSA) is 53.3 Å². The monoisotopic (exact) mass is 501 g/mol. The molecule has 0 radical (unpaired) electrons. The minimum atomic E-state index is 0.0478. The van der Waals surface area contributed by atoms with Crippen molar-refractivity contribution in [1.29, 1.82) is 0 Å². The number of piperidine rings is 1. The summed E-state index contributed by atoms with van der Waals surface area (Å²) in [5.74, 6) is 0.972. The first-order valence-electron chi connectivity index (χ1n) is 14.0. The molecule has 0 N–H and O–H groups in total. The third kappa shape index (κ3) is 4.99. The molecular weight excluding hydrogens is 462 g/mol. The fourth-order valence-electron chi connectivity index (χ4n) is 6.28. The highest BCUT2D eigenvalue weighted by molar-refractivity contribution is 5.81. The Morgan fingerprint density at radius 2 is 1.70 bits per heavy atom. The summed E-state index contributed by atoms with van der Waals surface area (Å²) in [6.07, 6.45) is 7.36. The van der Waals surface area contributed by atoms with Gasteiger partial charge >= 0.3 is 0 Å². The largest absolute Gasteiger partial charge is 0.381 e. The van der Waals surface area contributed by atoms with Gasteiger partial charge in [-0.1, -0.05) is 24.3 Å². The van der Waals surface area contributed by atoms with Crippen LogP contribution in [0.25, 0.3) is 16.6 Å². The first kappa shape index (κ1) is 24.4. The van der Waals surface area contributed by atoms with E-state index in [9.17, 15) is 4.79 Å². The van der Waals surface area contributed by atoms with Crippen LogP contribution in [0, 0.1) is 5.92 Å². The summed E-state index contributed by atoms with van der Waals surface area (Å²) in [7, 11) is 0. The zero-order valence-electron chi connectivity index (χ0n) is 22.2. The molecule has 2 aromatic heterocycles. The van der Waals surface area contributed by atoms with Gasteiger partial charge in [-0.05, 0) is 75.4 Å². The summed E-state index contributed by atoms with van der Waals surface area (Å²) in [6, 6.07) is 14.2. The maximum absolute atomic E-state index is 12.8. The molecule has 1 amide bonds. The number of hydrogen-bond acceptors (Lipinski definition) is 5. The molecule has 0 saturated carbocycles. The van der Waals surface area contributed by atoms with E-state index in [-0.39, 0.29) is 11.8 Å². The molecule has 7 heteroatoms. The number of ether oxygens (including phenoxy) is 1. The number of carbonyl (C=O) groups excluding carboxylic acids is 1. The second-order valence-corrected chi connectivity index (χ2v) is 11.2. The van der Waals surface area contributed by atoms with Gasteiger partial charge in [0.15, 0.2) is 0 Å². The Morgan fingerprint density at radius 3 is 2.38 bits per heavy atom. The van der Waals surface area contributed by atoms with Crippen LogP contribution >= 0.6 is 0 Å². The Hall–Kier alpha value is -2.90. The van der Waals surface area contributed by atoms with Gasteiger partial charge in [0, 0.05) is 56.8 Å². The van der Waals surface area contributed by atoms with E-state index in [2.05, 4.69) is 71.3 Å². The normalized spacial score (nSPS) is 21.9. The van der Waals surface area contributed by atoms with Crippen LogP contribution in [0.5, 0.6) is 0 Å². The smallest absolute Gasteiger partial charge is 0.228 e. The van der Waals surface area contributed by atoms with Gasteiger partial charge in [-0.15, -0.1) is 0 Å². The van der Waals surface area contributed by atoms with E-state index in [1.54, 1.807) is 0 Å². The highest BCUT2D eigenvalue weighted by Crippen LogP contribution is 2.32. The number of fused-ring (bicyclic) bond motifs is 1. The molecule has 3 aliphatic heterocycles. The third-order valence-electron chi connectivity index (χ3n) is 8.67. The van der Waals surface area contributed by atoms with Gasteiger partial charge < -0.3 is 19.4 Å². The Balaban J connectivity index is 1.14. The number of amides is 1. The number of carbonyl (C=O) groups is 1. The van der Waals surface area contributed by atoms with Crippen molar-refractivity contribution in [1.82, 2.24) is 19.4 Å². The maximum Gasteiger partial charge on any atom is 0.228 e. The summed E-state index contributed by atoms with van der Waals surface area (Å²) in [5.41, 5.74) is 6.19. The fourth-order valence-corrected chi connectivity index (χ4v) is 6.28. The van der Waals surface area contributed by atoms with Gasteiger partial charge in [-0.25, -0.2) is 4.52 Å². The predicted octanol–water partition coefficient (Wildman–Crippen LogP) is 4.27. The van der Waals surface area contributed by atoms with Crippen molar-refractivity contribution in [2.75, 3.05) is 57.4 Å². The van der Waals surface area contributed by atoms with Crippen molar-refractivity contribution < 1.29 is 9.53 Å². The number of rotatable bonds is 5. The summed E-state index contributed by atoms with van der Waals surface area (Å²) in [6.45, 7) is 11.5. The Morgan fingerprint density at radius 1 is 0.946 bits per heavy atom. The van der Waals surface area contributed by atoms with Crippen molar-refractivity contribution >= 4 is 17.1 Å². The molecule has 7 nitrogen and oxygen atoms in total. The molecule has 3 saturated heterocycles. The molecule has 0 spiro atoms. The quantitative estimate of drug-likeness (QED) is 0.523. The Kier molecular flexibility index (Phi) is 6.91. The van der Waals surface area contributed by atoms with Gasteiger partial charge in [-0.3, -0.25) is 4.79 Å². The molecule has 3 fully saturated rings. The molecular formula is C30H39N5O2. The van der Waals surface area contributed by atoms with Gasteiger partial charge in [0.1, 0.15) is 0 Å². The number of hydrogen-bond donors (Lipinski definition) is 0. The van der Waals surface area contributed by atoms with Crippen LogP contribution in [0.4, 0.5) is 5.69 Å². The maximum atomic E-state index is 12.8. The number of aromatic nitrogens is 2. The average molecular weight is 502 g/mol. The van der Waals surface area contributed by atoms with E-state index < -0.39 is 0 Å². The number of likely N-dealkylation sites (tertiary alicyclic amines) is 1. The predicted molar refractivity (Wildman–Crippen MR) is 147 cm³/mol. The van der Waals surface area contributed by atoms with E-state index in [1.165, 1.54) is 48.3 Å². The summed E-state index contributed by atoms with van der Waals surface area (Å²) in [4.78, 5) is 19.8. The van der Waals surface area contributed by atoms with E-state index >= 15 is 0 Å². The van der Waals surface area contributed by atoms with Gasteiger partial charge in [0.25, 0.3) is 0 Å². The van der Waals surface area contributed by atoms with Crippen LogP contribution in [0.2, 0.25) is 0 Å². The zero-order valence-corrected chi connectivity index (χ0v) is 22.2. The van der Waals surface area contributed by atoms with Crippen LogP contribution in [0.15, 0.2) is 48.8 Å². The summed E-state index contributed by atoms with van der Waals surface area (Å²) < 4.78 is 7.42. The minimum Gasteiger partial charge on any atom is -0.381 e. The van der Waals surface area contributed by atoms with E-state index in [0.29, 0.717) is 25.2 Å². The lowest BCUT2D eigenvalue weighted by molar-refractivity contribution is -0.135. The molecule has 37 heavy (non-hydrogen) atoms. The molecule has 1 unspecified atom stereocenters. The van der Waals surface area contributed by atoms with Crippen LogP contribution in [0.1, 0.15) is 44.6 Å². The average Bonchev–Trinajstić information content (AvgIpc) is 3.63. The van der Waals surface area contributed by atoms with E-state index in [1.807, 2.05) is 15.6 Å². The second kappa shape index (κ2) is 10.5. The molecule has 3 aliphatic rings. The Bertz CT molecular complexity index is 1210. The van der Waals surface area contributed by atoms with Crippen molar-refractivity contribution in [3.8, 4) is 11.1 Å². The molecule has 5 heterocycles. The zero-order chi connectivity index (χ0) is 25.4. The molecule has 3 aromatic rings. The molecule has 0 bridgehead atoms. The number of anilines is 1. The molecule has 196 valence electrons. The highest BCUT2D eigenvalue weighted by Gasteiger charge is 2.30. The van der Waals surface area contributed by atoms with E-state index in [4.69, 9.17) is 4.74 Å². The lowest BCUT2D eigenvalue weighted by Gasteiger charge is -2.37. The third-order valence-corrected chi connectivity index (χ3v) is 8.67. The van der Waals surface area contributed by atoms with Crippen molar-refractivity contribution in [3.63, 3.8) is 0 Å². The lowest BCUT2D eigenvalue weighted by atomic mass is 9.88. The fraction of sp³-hybridized carbons (Fsp3) is 0.533. The standard InChI is InChI=1S/C30H39N5O2/c1-22(2)32-12-8-25(9-13-32)23-3-5-24(6-4-23)27-19-29-28(7-11-31-35(29)20-27)33-14-16-34(17-15-33)30(36)26-10-18-37-21-26/h3-7,11,19-20,22,25-26H,8-10,12-18,21H2,1-2H3. The minimum absolute atomic E-state index is 0.0478. The second-order valence-electron chi connectivity index (χ2n) is 11.2.